The Hall–Kier alpha value is -0.890. The summed E-state index contributed by atoms with van der Waals surface area (Å²) in [7, 11) is 0. The number of nitrogens with two attached hydrogens (primary N) is 1. The average molecular weight is 195 g/mol. The molecule has 0 bridgehead atoms. The molecule has 0 amide bonds. The van der Waals surface area contributed by atoms with Gasteiger partial charge in [0.25, 0.3) is 0 Å². The number of hydrogen-bond acceptors (Lipinski definition) is 1. The second kappa shape index (κ2) is 4.56. The minimum absolute atomic E-state index is 0.0508. The number of hydrogen-bond donors (Lipinski definition) is 1. The fourth-order valence-electron chi connectivity index (χ4n) is 1.48. The van der Waals surface area contributed by atoms with E-state index in [0.29, 0.717) is 11.5 Å². The van der Waals surface area contributed by atoms with Crippen LogP contribution >= 0.6 is 0 Å². The third kappa shape index (κ3) is 2.81. The summed E-state index contributed by atoms with van der Waals surface area (Å²) in [6, 6.07) is 5.18. The summed E-state index contributed by atoms with van der Waals surface area (Å²) < 4.78 is 13.2. The Kier molecular flexibility index (Phi) is 3.64. The van der Waals surface area contributed by atoms with Gasteiger partial charge in [0.15, 0.2) is 0 Å². The van der Waals surface area contributed by atoms with Crippen LogP contribution in [-0.2, 0) is 0 Å². The number of rotatable bonds is 3. The fourth-order valence-corrected chi connectivity index (χ4v) is 1.48. The molecule has 0 heterocycles. The largest absolute Gasteiger partial charge is 0.324 e. The Morgan fingerprint density at radius 1 is 1.36 bits per heavy atom. The Labute approximate surface area is 85.1 Å². The lowest BCUT2D eigenvalue weighted by Gasteiger charge is -2.14. The van der Waals surface area contributed by atoms with Crippen molar-refractivity contribution in [2.75, 3.05) is 0 Å². The van der Waals surface area contributed by atoms with Gasteiger partial charge >= 0.3 is 0 Å². The van der Waals surface area contributed by atoms with Crippen LogP contribution in [0.25, 0.3) is 0 Å². The standard InChI is InChI=1S/C12H18FN/c1-8(2)6-12(14)10-5-4-9(3)11(13)7-10/h4-5,7-8,12H,6,14H2,1-3H3/t12-/m0/s1. The van der Waals surface area contributed by atoms with Gasteiger partial charge in [-0.3, -0.25) is 0 Å². The molecule has 0 saturated heterocycles. The van der Waals surface area contributed by atoms with Gasteiger partial charge in [-0.05, 0) is 36.5 Å². The van der Waals surface area contributed by atoms with Crippen LogP contribution in [0, 0.1) is 18.7 Å². The van der Waals surface area contributed by atoms with E-state index in [9.17, 15) is 4.39 Å². The summed E-state index contributed by atoms with van der Waals surface area (Å²) in [6.07, 6.45) is 0.891. The molecule has 1 aromatic carbocycles. The summed E-state index contributed by atoms with van der Waals surface area (Å²) in [5, 5.41) is 0. The molecule has 2 heteroatoms. The second-order valence-corrected chi connectivity index (χ2v) is 4.24. The van der Waals surface area contributed by atoms with E-state index < -0.39 is 0 Å². The zero-order valence-corrected chi connectivity index (χ0v) is 9.05. The van der Waals surface area contributed by atoms with Crippen molar-refractivity contribution in [3.8, 4) is 0 Å². The summed E-state index contributed by atoms with van der Waals surface area (Å²) in [5.74, 6) is 0.371. The lowest BCUT2D eigenvalue weighted by Crippen LogP contribution is -2.13. The molecule has 2 N–H and O–H groups in total. The summed E-state index contributed by atoms with van der Waals surface area (Å²) >= 11 is 0. The fraction of sp³-hybridized carbons (Fsp3) is 0.500. The highest BCUT2D eigenvalue weighted by Gasteiger charge is 2.09. The molecule has 0 radical (unpaired) electrons. The molecule has 1 nitrogen and oxygen atoms in total. The highest BCUT2D eigenvalue weighted by atomic mass is 19.1. The van der Waals surface area contributed by atoms with E-state index in [1.54, 1.807) is 19.1 Å². The first-order chi connectivity index (χ1) is 6.50. The third-order valence-corrected chi connectivity index (χ3v) is 2.35. The van der Waals surface area contributed by atoms with Crippen molar-refractivity contribution in [1.29, 1.82) is 0 Å². The van der Waals surface area contributed by atoms with Crippen LogP contribution in [0.3, 0.4) is 0 Å². The van der Waals surface area contributed by atoms with Gasteiger partial charge in [0, 0.05) is 6.04 Å². The highest BCUT2D eigenvalue weighted by Crippen LogP contribution is 2.20. The monoisotopic (exact) mass is 195 g/mol. The molecule has 0 saturated carbocycles. The maximum Gasteiger partial charge on any atom is 0.126 e. The van der Waals surface area contributed by atoms with E-state index in [4.69, 9.17) is 5.73 Å². The minimum Gasteiger partial charge on any atom is -0.324 e. The molecule has 1 rings (SSSR count). The summed E-state index contributed by atoms with van der Waals surface area (Å²) in [5.41, 5.74) is 7.51. The normalized spacial score (nSPS) is 13.3. The first-order valence-electron chi connectivity index (χ1n) is 5.02. The Balaban J connectivity index is 2.80. The van der Waals surface area contributed by atoms with E-state index in [2.05, 4.69) is 13.8 Å². The number of halogens is 1. The summed E-state index contributed by atoms with van der Waals surface area (Å²) in [6.45, 7) is 5.99. The van der Waals surface area contributed by atoms with Crippen molar-refractivity contribution in [2.24, 2.45) is 11.7 Å². The molecule has 0 spiro atoms. The van der Waals surface area contributed by atoms with Crippen LogP contribution < -0.4 is 5.73 Å². The van der Waals surface area contributed by atoms with Gasteiger partial charge in [0.2, 0.25) is 0 Å². The quantitative estimate of drug-likeness (QED) is 0.787. The van der Waals surface area contributed by atoms with Crippen LogP contribution in [0.2, 0.25) is 0 Å². The smallest absolute Gasteiger partial charge is 0.126 e. The molecule has 1 aromatic rings. The van der Waals surface area contributed by atoms with Crippen LogP contribution in [0.4, 0.5) is 4.39 Å². The first kappa shape index (κ1) is 11.2. The Morgan fingerprint density at radius 3 is 2.50 bits per heavy atom. The van der Waals surface area contributed by atoms with Crippen molar-refractivity contribution in [3.05, 3.63) is 35.1 Å². The maximum atomic E-state index is 13.2. The molecule has 78 valence electrons. The minimum atomic E-state index is -0.165. The van der Waals surface area contributed by atoms with E-state index in [0.717, 1.165) is 12.0 Å². The first-order valence-corrected chi connectivity index (χ1v) is 5.02. The topological polar surface area (TPSA) is 26.0 Å². The molecule has 0 aliphatic rings. The SMILES string of the molecule is Cc1ccc([C@@H](N)CC(C)C)cc1F. The van der Waals surface area contributed by atoms with Gasteiger partial charge in [-0.15, -0.1) is 0 Å². The van der Waals surface area contributed by atoms with Crippen LogP contribution in [0.1, 0.15) is 37.4 Å². The molecule has 0 aliphatic carbocycles. The number of benzene rings is 1. The van der Waals surface area contributed by atoms with Gasteiger partial charge in [0.1, 0.15) is 5.82 Å². The van der Waals surface area contributed by atoms with Crippen molar-refractivity contribution in [1.82, 2.24) is 0 Å². The van der Waals surface area contributed by atoms with Crippen molar-refractivity contribution in [2.45, 2.75) is 33.2 Å². The van der Waals surface area contributed by atoms with Crippen LogP contribution in [0.5, 0.6) is 0 Å². The third-order valence-electron chi connectivity index (χ3n) is 2.35. The lowest BCUT2D eigenvalue weighted by molar-refractivity contribution is 0.506. The van der Waals surface area contributed by atoms with Gasteiger partial charge in [-0.1, -0.05) is 26.0 Å². The second-order valence-electron chi connectivity index (χ2n) is 4.24. The summed E-state index contributed by atoms with van der Waals surface area (Å²) in [4.78, 5) is 0. The van der Waals surface area contributed by atoms with Crippen LogP contribution in [0.15, 0.2) is 18.2 Å². The molecule has 0 aliphatic heterocycles. The highest BCUT2D eigenvalue weighted by molar-refractivity contribution is 5.25. The zero-order valence-electron chi connectivity index (χ0n) is 9.05. The molecule has 14 heavy (non-hydrogen) atoms. The van der Waals surface area contributed by atoms with Gasteiger partial charge in [-0.2, -0.15) is 0 Å². The zero-order chi connectivity index (χ0) is 10.7. The molecule has 1 atom stereocenters. The Morgan fingerprint density at radius 2 is 2.00 bits per heavy atom. The van der Waals surface area contributed by atoms with Gasteiger partial charge in [0.05, 0.1) is 0 Å². The van der Waals surface area contributed by atoms with Crippen molar-refractivity contribution >= 4 is 0 Å². The van der Waals surface area contributed by atoms with Crippen LogP contribution in [-0.4, -0.2) is 0 Å². The lowest BCUT2D eigenvalue weighted by atomic mass is 9.97. The van der Waals surface area contributed by atoms with E-state index >= 15 is 0 Å². The van der Waals surface area contributed by atoms with Crippen molar-refractivity contribution in [3.63, 3.8) is 0 Å². The van der Waals surface area contributed by atoms with Gasteiger partial charge < -0.3 is 5.73 Å². The molecule has 0 unspecified atom stereocenters. The van der Waals surface area contributed by atoms with Crippen molar-refractivity contribution < 1.29 is 4.39 Å². The predicted molar refractivity (Wildman–Crippen MR) is 57.5 cm³/mol. The Bertz CT molecular complexity index is 307. The molecular weight excluding hydrogens is 177 g/mol. The molecule has 0 aromatic heterocycles. The van der Waals surface area contributed by atoms with Gasteiger partial charge in [-0.25, -0.2) is 4.39 Å². The molecule has 0 fully saturated rings. The van der Waals surface area contributed by atoms with E-state index in [1.807, 2.05) is 6.07 Å². The average Bonchev–Trinajstić information content (AvgIpc) is 2.08. The molecular formula is C12H18FN. The predicted octanol–water partition coefficient (Wildman–Crippen LogP) is 3.18. The van der Waals surface area contributed by atoms with E-state index in [-0.39, 0.29) is 11.9 Å². The van der Waals surface area contributed by atoms with E-state index in [1.165, 1.54) is 0 Å². The number of aryl methyl sites for hydroxylation is 1. The maximum absolute atomic E-state index is 13.2.